The van der Waals surface area contributed by atoms with Crippen molar-refractivity contribution in [3.05, 3.63) is 29.8 Å². The van der Waals surface area contributed by atoms with E-state index in [9.17, 15) is 5.11 Å². The number of ether oxygens (including phenoxy) is 2. The molecule has 3 nitrogen and oxygen atoms in total. The lowest BCUT2D eigenvalue weighted by atomic mass is 9.87. The highest BCUT2D eigenvalue weighted by molar-refractivity contribution is 5.37. The van der Waals surface area contributed by atoms with Crippen molar-refractivity contribution in [2.45, 2.75) is 56.7 Å². The van der Waals surface area contributed by atoms with Gasteiger partial charge in [-0.05, 0) is 56.1 Å². The van der Waals surface area contributed by atoms with E-state index in [0.29, 0.717) is 12.0 Å². The number of hydrogen-bond acceptors (Lipinski definition) is 3. The first-order valence-corrected chi connectivity index (χ1v) is 7.84. The molecule has 1 fully saturated rings. The second-order valence-corrected chi connectivity index (χ2v) is 5.97. The zero-order valence-corrected chi connectivity index (χ0v) is 12.0. The SMILES string of the molecule is OC(CCC1CCCO1)CC1CCOc2ccccc21. The lowest BCUT2D eigenvalue weighted by molar-refractivity contribution is 0.0749. The summed E-state index contributed by atoms with van der Waals surface area (Å²) in [6.07, 6.45) is 6.18. The van der Waals surface area contributed by atoms with Crippen LogP contribution in [0.15, 0.2) is 24.3 Å². The van der Waals surface area contributed by atoms with Crippen molar-refractivity contribution in [2.24, 2.45) is 0 Å². The normalized spacial score (nSPS) is 26.9. The maximum Gasteiger partial charge on any atom is 0.122 e. The van der Waals surface area contributed by atoms with Crippen LogP contribution >= 0.6 is 0 Å². The molecule has 1 N–H and O–H groups in total. The second-order valence-electron chi connectivity index (χ2n) is 5.97. The molecule has 0 bridgehead atoms. The van der Waals surface area contributed by atoms with Gasteiger partial charge in [0.1, 0.15) is 5.75 Å². The zero-order valence-electron chi connectivity index (χ0n) is 12.0. The summed E-state index contributed by atoms with van der Waals surface area (Å²) in [5.41, 5.74) is 1.26. The molecule has 1 aromatic rings. The van der Waals surface area contributed by atoms with Crippen LogP contribution in [0.2, 0.25) is 0 Å². The smallest absolute Gasteiger partial charge is 0.122 e. The van der Waals surface area contributed by atoms with Gasteiger partial charge in [-0.25, -0.2) is 0 Å². The first-order valence-electron chi connectivity index (χ1n) is 7.84. The summed E-state index contributed by atoms with van der Waals surface area (Å²) in [6, 6.07) is 8.22. The summed E-state index contributed by atoms with van der Waals surface area (Å²) in [6.45, 7) is 1.66. The van der Waals surface area contributed by atoms with E-state index in [1.807, 2.05) is 12.1 Å². The lowest BCUT2D eigenvalue weighted by Gasteiger charge is -2.27. The Kier molecular flexibility index (Phi) is 4.58. The average Bonchev–Trinajstić information content (AvgIpc) is 2.99. The van der Waals surface area contributed by atoms with Crippen molar-refractivity contribution in [1.29, 1.82) is 0 Å². The fraction of sp³-hybridized carbons (Fsp3) is 0.647. The minimum Gasteiger partial charge on any atom is -0.493 e. The summed E-state index contributed by atoms with van der Waals surface area (Å²) < 4.78 is 11.3. The Morgan fingerprint density at radius 2 is 2.10 bits per heavy atom. The van der Waals surface area contributed by atoms with Crippen LogP contribution in [0, 0.1) is 0 Å². The minimum atomic E-state index is -0.227. The minimum absolute atomic E-state index is 0.227. The topological polar surface area (TPSA) is 38.7 Å². The highest BCUT2D eigenvalue weighted by Gasteiger charge is 2.24. The lowest BCUT2D eigenvalue weighted by Crippen LogP contribution is -2.20. The van der Waals surface area contributed by atoms with Crippen LogP contribution in [0.4, 0.5) is 0 Å². The van der Waals surface area contributed by atoms with Crippen LogP contribution in [0.1, 0.15) is 50.0 Å². The molecule has 0 aromatic heterocycles. The van der Waals surface area contributed by atoms with Gasteiger partial charge in [-0.2, -0.15) is 0 Å². The van der Waals surface area contributed by atoms with Crippen LogP contribution in [-0.2, 0) is 4.74 Å². The molecule has 2 aliphatic rings. The number of benzene rings is 1. The summed E-state index contributed by atoms with van der Waals surface area (Å²) in [4.78, 5) is 0. The Hall–Kier alpha value is -1.06. The van der Waals surface area contributed by atoms with Crippen molar-refractivity contribution in [1.82, 2.24) is 0 Å². The second kappa shape index (κ2) is 6.59. The van der Waals surface area contributed by atoms with E-state index in [4.69, 9.17) is 9.47 Å². The van der Waals surface area contributed by atoms with E-state index in [2.05, 4.69) is 12.1 Å². The number of rotatable bonds is 5. The Labute approximate surface area is 120 Å². The van der Waals surface area contributed by atoms with Gasteiger partial charge < -0.3 is 14.6 Å². The first kappa shape index (κ1) is 13.9. The highest BCUT2D eigenvalue weighted by atomic mass is 16.5. The molecule has 0 saturated carbocycles. The molecule has 2 heterocycles. The zero-order chi connectivity index (χ0) is 13.8. The molecule has 0 spiro atoms. The molecule has 3 rings (SSSR count). The Bertz CT molecular complexity index is 426. The molecule has 3 atom stereocenters. The molecular weight excluding hydrogens is 252 g/mol. The quantitative estimate of drug-likeness (QED) is 0.897. The third kappa shape index (κ3) is 3.33. The number of hydrogen-bond donors (Lipinski definition) is 1. The molecule has 3 unspecified atom stereocenters. The predicted molar refractivity (Wildman–Crippen MR) is 78.1 cm³/mol. The molecule has 20 heavy (non-hydrogen) atoms. The van der Waals surface area contributed by atoms with Crippen molar-refractivity contribution in [2.75, 3.05) is 13.2 Å². The summed E-state index contributed by atoms with van der Waals surface area (Å²) in [5.74, 6) is 1.43. The molecule has 1 aromatic carbocycles. The largest absolute Gasteiger partial charge is 0.493 e. The third-order valence-electron chi connectivity index (χ3n) is 4.49. The molecule has 110 valence electrons. The van der Waals surface area contributed by atoms with E-state index < -0.39 is 0 Å². The van der Waals surface area contributed by atoms with E-state index in [0.717, 1.165) is 51.1 Å². The average molecular weight is 276 g/mol. The molecule has 2 aliphatic heterocycles. The summed E-state index contributed by atoms with van der Waals surface area (Å²) in [7, 11) is 0. The summed E-state index contributed by atoms with van der Waals surface area (Å²) in [5, 5.41) is 10.3. The predicted octanol–water partition coefficient (Wildman–Crippen LogP) is 3.26. The van der Waals surface area contributed by atoms with Crippen LogP contribution in [0.25, 0.3) is 0 Å². The van der Waals surface area contributed by atoms with Gasteiger partial charge in [-0.15, -0.1) is 0 Å². The van der Waals surface area contributed by atoms with Crippen LogP contribution < -0.4 is 4.74 Å². The standard InChI is InChI=1S/C17H24O3/c18-14(7-8-15-4-3-10-19-15)12-13-9-11-20-17-6-2-1-5-16(13)17/h1-2,5-6,13-15,18H,3-4,7-12H2. The number of para-hydroxylation sites is 1. The number of aliphatic hydroxyl groups excluding tert-OH is 1. The number of fused-ring (bicyclic) bond motifs is 1. The third-order valence-corrected chi connectivity index (χ3v) is 4.49. The fourth-order valence-electron chi connectivity index (χ4n) is 3.36. The summed E-state index contributed by atoms with van der Waals surface area (Å²) >= 11 is 0. The van der Waals surface area contributed by atoms with Gasteiger partial charge in [0.25, 0.3) is 0 Å². The molecule has 0 aliphatic carbocycles. The fourth-order valence-corrected chi connectivity index (χ4v) is 3.36. The van der Waals surface area contributed by atoms with Gasteiger partial charge in [0.05, 0.1) is 18.8 Å². The van der Waals surface area contributed by atoms with Crippen LogP contribution in [0.5, 0.6) is 5.75 Å². The molecule has 3 heteroatoms. The molecular formula is C17H24O3. The van der Waals surface area contributed by atoms with Gasteiger partial charge in [-0.1, -0.05) is 18.2 Å². The van der Waals surface area contributed by atoms with Gasteiger partial charge >= 0.3 is 0 Å². The van der Waals surface area contributed by atoms with E-state index in [1.54, 1.807) is 0 Å². The Morgan fingerprint density at radius 3 is 2.95 bits per heavy atom. The van der Waals surface area contributed by atoms with Crippen LogP contribution in [0.3, 0.4) is 0 Å². The Morgan fingerprint density at radius 1 is 1.20 bits per heavy atom. The van der Waals surface area contributed by atoms with E-state index in [-0.39, 0.29) is 6.10 Å². The van der Waals surface area contributed by atoms with Gasteiger partial charge in [0.2, 0.25) is 0 Å². The monoisotopic (exact) mass is 276 g/mol. The van der Waals surface area contributed by atoms with Gasteiger partial charge in [0, 0.05) is 6.61 Å². The molecule has 1 saturated heterocycles. The van der Waals surface area contributed by atoms with Crippen molar-refractivity contribution >= 4 is 0 Å². The van der Waals surface area contributed by atoms with Crippen molar-refractivity contribution in [3.63, 3.8) is 0 Å². The van der Waals surface area contributed by atoms with Crippen molar-refractivity contribution in [3.8, 4) is 5.75 Å². The van der Waals surface area contributed by atoms with E-state index >= 15 is 0 Å². The molecule has 0 radical (unpaired) electrons. The van der Waals surface area contributed by atoms with Crippen LogP contribution in [-0.4, -0.2) is 30.5 Å². The van der Waals surface area contributed by atoms with E-state index in [1.165, 1.54) is 12.0 Å². The Balaban J connectivity index is 1.52. The van der Waals surface area contributed by atoms with Gasteiger partial charge in [0.15, 0.2) is 0 Å². The first-order chi connectivity index (χ1) is 9.83. The molecule has 0 amide bonds. The van der Waals surface area contributed by atoms with Gasteiger partial charge in [-0.3, -0.25) is 0 Å². The maximum absolute atomic E-state index is 10.3. The number of aliphatic hydroxyl groups is 1. The highest BCUT2D eigenvalue weighted by Crippen LogP contribution is 2.36. The van der Waals surface area contributed by atoms with Crippen molar-refractivity contribution < 1.29 is 14.6 Å². The maximum atomic E-state index is 10.3.